The number of alkyl halides is 3. The van der Waals surface area contributed by atoms with E-state index in [2.05, 4.69) is 25.6 Å². The first-order valence-electron chi connectivity index (χ1n) is 8.85. The molecule has 0 aliphatic rings. The minimum Gasteiger partial charge on any atom is -0.352 e. The van der Waals surface area contributed by atoms with Gasteiger partial charge in [0.05, 0.1) is 11.3 Å². The van der Waals surface area contributed by atoms with E-state index >= 15 is 0 Å². The molecule has 28 heavy (non-hydrogen) atoms. The molecular formula is C20H20F3N5. The summed E-state index contributed by atoms with van der Waals surface area (Å²) in [6.45, 7) is 4.03. The molecule has 0 bridgehead atoms. The van der Waals surface area contributed by atoms with E-state index < -0.39 is 11.7 Å². The third kappa shape index (κ3) is 4.97. The maximum absolute atomic E-state index is 13.0. The van der Waals surface area contributed by atoms with E-state index in [1.165, 1.54) is 6.07 Å². The van der Waals surface area contributed by atoms with E-state index in [-0.39, 0.29) is 6.04 Å². The molecule has 0 aliphatic carbocycles. The van der Waals surface area contributed by atoms with Gasteiger partial charge in [0.1, 0.15) is 5.82 Å². The fraction of sp³-hybridized carbons (Fsp3) is 0.250. The van der Waals surface area contributed by atoms with E-state index in [9.17, 15) is 13.2 Å². The SMILES string of the molecule is CC[C@@H](C)Nc1nc(Nc2cccc(C(F)(F)F)c2)cc(-c2cccnc2)n1. The second-order valence-corrected chi connectivity index (χ2v) is 6.36. The number of nitrogens with one attached hydrogen (secondary N) is 2. The van der Waals surface area contributed by atoms with Crippen LogP contribution in [0.25, 0.3) is 11.3 Å². The maximum atomic E-state index is 13.0. The van der Waals surface area contributed by atoms with Crippen molar-refractivity contribution in [2.75, 3.05) is 10.6 Å². The van der Waals surface area contributed by atoms with Gasteiger partial charge in [-0.3, -0.25) is 4.98 Å². The van der Waals surface area contributed by atoms with Crippen molar-refractivity contribution < 1.29 is 13.2 Å². The summed E-state index contributed by atoms with van der Waals surface area (Å²) in [6.07, 6.45) is -0.210. The Morgan fingerprint density at radius 2 is 1.89 bits per heavy atom. The van der Waals surface area contributed by atoms with Crippen LogP contribution in [0.3, 0.4) is 0 Å². The van der Waals surface area contributed by atoms with Crippen LogP contribution in [0.5, 0.6) is 0 Å². The summed E-state index contributed by atoms with van der Waals surface area (Å²) in [6, 6.07) is 10.5. The average Bonchev–Trinajstić information content (AvgIpc) is 2.68. The molecule has 0 radical (unpaired) electrons. The highest BCUT2D eigenvalue weighted by atomic mass is 19.4. The van der Waals surface area contributed by atoms with Crippen LogP contribution in [0.1, 0.15) is 25.8 Å². The van der Waals surface area contributed by atoms with E-state index in [1.54, 1.807) is 30.6 Å². The van der Waals surface area contributed by atoms with Crippen LogP contribution in [0, 0.1) is 0 Å². The monoisotopic (exact) mass is 387 g/mol. The van der Waals surface area contributed by atoms with Crippen LogP contribution in [-0.4, -0.2) is 21.0 Å². The van der Waals surface area contributed by atoms with Crippen LogP contribution >= 0.6 is 0 Å². The number of hydrogen-bond donors (Lipinski definition) is 2. The largest absolute Gasteiger partial charge is 0.416 e. The van der Waals surface area contributed by atoms with Crippen molar-refractivity contribution in [2.45, 2.75) is 32.5 Å². The number of hydrogen-bond acceptors (Lipinski definition) is 5. The predicted octanol–water partition coefficient (Wildman–Crippen LogP) is 5.51. The first-order chi connectivity index (χ1) is 13.3. The molecule has 0 amide bonds. The fourth-order valence-corrected chi connectivity index (χ4v) is 2.48. The number of rotatable bonds is 6. The molecule has 146 valence electrons. The van der Waals surface area contributed by atoms with Crippen LogP contribution < -0.4 is 10.6 Å². The topological polar surface area (TPSA) is 62.7 Å². The van der Waals surface area contributed by atoms with Gasteiger partial charge in [0.15, 0.2) is 0 Å². The first kappa shape index (κ1) is 19.6. The second kappa shape index (κ2) is 8.24. The lowest BCUT2D eigenvalue weighted by Gasteiger charge is -2.15. The molecule has 0 saturated carbocycles. The predicted molar refractivity (Wildman–Crippen MR) is 103 cm³/mol. The Kier molecular flexibility index (Phi) is 5.77. The molecule has 1 atom stereocenters. The maximum Gasteiger partial charge on any atom is 0.416 e. The molecule has 2 aromatic heterocycles. The van der Waals surface area contributed by atoms with Crippen LogP contribution in [-0.2, 0) is 6.18 Å². The van der Waals surface area contributed by atoms with Gasteiger partial charge in [-0.15, -0.1) is 0 Å². The molecule has 2 heterocycles. The summed E-state index contributed by atoms with van der Waals surface area (Å²) in [5.74, 6) is 0.782. The van der Waals surface area contributed by atoms with Gasteiger partial charge in [0.25, 0.3) is 0 Å². The lowest BCUT2D eigenvalue weighted by molar-refractivity contribution is -0.137. The number of aromatic nitrogens is 3. The van der Waals surface area contributed by atoms with Gasteiger partial charge in [0, 0.05) is 35.8 Å². The molecule has 0 spiro atoms. The molecule has 0 fully saturated rings. The van der Waals surface area contributed by atoms with Gasteiger partial charge in [-0.2, -0.15) is 18.2 Å². The summed E-state index contributed by atoms with van der Waals surface area (Å²) < 4.78 is 38.9. The van der Waals surface area contributed by atoms with Gasteiger partial charge in [-0.1, -0.05) is 13.0 Å². The lowest BCUT2D eigenvalue weighted by atomic mass is 10.2. The molecule has 5 nitrogen and oxygen atoms in total. The molecule has 0 saturated heterocycles. The van der Waals surface area contributed by atoms with Crippen molar-refractivity contribution >= 4 is 17.5 Å². The van der Waals surface area contributed by atoms with Crippen LogP contribution in [0.4, 0.5) is 30.6 Å². The minimum absolute atomic E-state index is 0.144. The van der Waals surface area contributed by atoms with Crippen molar-refractivity contribution in [2.24, 2.45) is 0 Å². The number of halogens is 3. The Hall–Kier alpha value is -3.16. The molecule has 0 aliphatic heterocycles. The van der Waals surface area contributed by atoms with Crippen LogP contribution in [0.2, 0.25) is 0 Å². The summed E-state index contributed by atoms with van der Waals surface area (Å²) in [5.41, 5.74) is 0.963. The highest BCUT2D eigenvalue weighted by Gasteiger charge is 2.30. The van der Waals surface area contributed by atoms with E-state index in [4.69, 9.17) is 0 Å². The van der Waals surface area contributed by atoms with Gasteiger partial charge >= 0.3 is 6.18 Å². The Balaban J connectivity index is 1.96. The molecule has 1 aromatic carbocycles. The third-order valence-electron chi connectivity index (χ3n) is 4.13. The number of nitrogens with zero attached hydrogens (tertiary/aromatic N) is 3. The zero-order chi connectivity index (χ0) is 20.1. The number of benzene rings is 1. The molecule has 2 N–H and O–H groups in total. The second-order valence-electron chi connectivity index (χ2n) is 6.36. The van der Waals surface area contributed by atoms with Crippen molar-refractivity contribution in [1.82, 2.24) is 15.0 Å². The highest BCUT2D eigenvalue weighted by Crippen LogP contribution is 2.31. The van der Waals surface area contributed by atoms with Gasteiger partial charge in [-0.05, 0) is 43.7 Å². The zero-order valence-corrected chi connectivity index (χ0v) is 15.5. The van der Waals surface area contributed by atoms with Gasteiger partial charge in [-0.25, -0.2) is 4.98 Å². The van der Waals surface area contributed by atoms with E-state index in [0.717, 1.165) is 24.1 Å². The number of pyridine rings is 1. The van der Waals surface area contributed by atoms with E-state index in [0.29, 0.717) is 23.1 Å². The Bertz CT molecular complexity index is 929. The summed E-state index contributed by atoms with van der Waals surface area (Å²) in [7, 11) is 0. The Morgan fingerprint density at radius 1 is 1.07 bits per heavy atom. The lowest BCUT2D eigenvalue weighted by Crippen LogP contribution is -2.16. The number of anilines is 3. The zero-order valence-electron chi connectivity index (χ0n) is 15.5. The molecular weight excluding hydrogens is 367 g/mol. The quantitative estimate of drug-likeness (QED) is 0.584. The molecule has 8 heteroatoms. The molecule has 3 aromatic rings. The van der Waals surface area contributed by atoms with Gasteiger partial charge < -0.3 is 10.6 Å². The van der Waals surface area contributed by atoms with Crippen molar-refractivity contribution in [3.8, 4) is 11.3 Å². The van der Waals surface area contributed by atoms with E-state index in [1.807, 2.05) is 19.9 Å². The van der Waals surface area contributed by atoms with Crippen molar-refractivity contribution in [1.29, 1.82) is 0 Å². The standard InChI is InChI=1S/C20H20F3N5/c1-3-13(2)25-19-27-17(14-6-5-9-24-12-14)11-18(28-19)26-16-8-4-7-15(10-16)20(21,22)23/h4-13H,3H2,1-2H3,(H2,25,26,27,28)/t13-/m1/s1. The molecule has 0 unspecified atom stereocenters. The average molecular weight is 387 g/mol. The first-order valence-corrected chi connectivity index (χ1v) is 8.85. The molecule has 3 rings (SSSR count). The van der Waals surface area contributed by atoms with Crippen LogP contribution in [0.15, 0.2) is 54.9 Å². The van der Waals surface area contributed by atoms with Crippen molar-refractivity contribution in [3.63, 3.8) is 0 Å². The normalized spacial score (nSPS) is 12.5. The third-order valence-corrected chi connectivity index (χ3v) is 4.13. The fourth-order valence-electron chi connectivity index (χ4n) is 2.48. The summed E-state index contributed by atoms with van der Waals surface area (Å²) in [5, 5.41) is 6.15. The Labute approximate surface area is 161 Å². The minimum atomic E-state index is -4.41. The highest BCUT2D eigenvalue weighted by molar-refractivity contribution is 5.67. The summed E-state index contributed by atoms with van der Waals surface area (Å²) in [4.78, 5) is 13.0. The Morgan fingerprint density at radius 3 is 2.57 bits per heavy atom. The smallest absolute Gasteiger partial charge is 0.352 e. The van der Waals surface area contributed by atoms with Gasteiger partial charge in [0.2, 0.25) is 5.95 Å². The summed E-state index contributed by atoms with van der Waals surface area (Å²) >= 11 is 0. The van der Waals surface area contributed by atoms with Crippen molar-refractivity contribution in [3.05, 3.63) is 60.4 Å².